The summed E-state index contributed by atoms with van der Waals surface area (Å²) >= 11 is 1.47. The first-order valence-electron chi connectivity index (χ1n) is 8.17. The average molecular weight is 355 g/mol. The quantitative estimate of drug-likeness (QED) is 0.689. The predicted molar refractivity (Wildman–Crippen MR) is 98.6 cm³/mol. The lowest BCUT2D eigenvalue weighted by molar-refractivity contribution is -0.120. The Bertz CT molecular complexity index is 888. The zero-order valence-corrected chi connectivity index (χ0v) is 15.4. The highest BCUT2D eigenvalue weighted by Crippen LogP contribution is 2.16. The van der Waals surface area contributed by atoms with Gasteiger partial charge in [0, 0.05) is 30.1 Å². The summed E-state index contributed by atoms with van der Waals surface area (Å²) in [5.74, 6) is 1.26. The maximum absolute atomic E-state index is 12.0. The Labute approximate surface area is 151 Å². The van der Waals surface area contributed by atoms with Crippen LogP contribution in [0.4, 0.5) is 0 Å². The molecule has 0 fully saturated rings. The molecule has 1 amide bonds. The lowest BCUT2D eigenvalue weighted by Gasteiger charge is -2.05. The third-order valence-electron chi connectivity index (χ3n) is 3.77. The number of nitrogens with zero attached hydrogens (tertiary/aromatic N) is 4. The van der Waals surface area contributed by atoms with Crippen molar-refractivity contribution in [3.05, 3.63) is 52.8 Å². The van der Waals surface area contributed by atoms with Crippen LogP contribution in [0.5, 0.6) is 0 Å². The van der Waals surface area contributed by atoms with E-state index >= 15 is 0 Å². The van der Waals surface area contributed by atoms with E-state index in [0.29, 0.717) is 29.7 Å². The van der Waals surface area contributed by atoms with Crippen LogP contribution in [-0.4, -0.2) is 31.2 Å². The van der Waals surface area contributed by atoms with Gasteiger partial charge in [0.15, 0.2) is 0 Å². The van der Waals surface area contributed by atoms with Crippen LogP contribution in [0, 0.1) is 20.8 Å². The van der Waals surface area contributed by atoms with E-state index in [1.54, 1.807) is 4.52 Å². The van der Waals surface area contributed by atoms with Crippen molar-refractivity contribution in [1.82, 2.24) is 24.9 Å². The topological polar surface area (TPSA) is 72.2 Å². The Balaban J connectivity index is 1.48. The van der Waals surface area contributed by atoms with Gasteiger partial charge >= 0.3 is 0 Å². The Kier molecular flexibility index (Phi) is 5.33. The van der Waals surface area contributed by atoms with Crippen LogP contribution < -0.4 is 5.32 Å². The number of carbonyl (C=O) groups excluding carboxylic acids is 1. The summed E-state index contributed by atoms with van der Waals surface area (Å²) < 4.78 is 1.73. The van der Waals surface area contributed by atoms with E-state index in [0.717, 1.165) is 17.0 Å². The van der Waals surface area contributed by atoms with Gasteiger partial charge in [-0.1, -0.05) is 41.6 Å². The van der Waals surface area contributed by atoms with Gasteiger partial charge in [-0.05, 0) is 32.4 Å². The number of rotatable bonds is 6. The Morgan fingerprint density at radius 3 is 2.68 bits per heavy atom. The summed E-state index contributed by atoms with van der Waals surface area (Å²) in [6.07, 6.45) is 0.428. The molecule has 1 N–H and O–H groups in total. The molecule has 0 aliphatic rings. The van der Waals surface area contributed by atoms with Crippen LogP contribution in [-0.2, 0) is 11.3 Å². The number of benzene rings is 1. The van der Waals surface area contributed by atoms with Gasteiger partial charge in [-0.25, -0.2) is 9.50 Å². The van der Waals surface area contributed by atoms with E-state index in [1.807, 2.05) is 51.1 Å². The van der Waals surface area contributed by atoms with Crippen LogP contribution in [0.15, 0.2) is 35.5 Å². The third kappa shape index (κ3) is 4.57. The van der Waals surface area contributed by atoms with Gasteiger partial charge in [0.2, 0.25) is 11.1 Å². The molecular weight excluding hydrogens is 334 g/mol. The van der Waals surface area contributed by atoms with Crippen molar-refractivity contribution in [2.75, 3.05) is 5.75 Å². The number of aromatic nitrogens is 4. The number of fused-ring (bicyclic) bond motifs is 1. The fourth-order valence-electron chi connectivity index (χ4n) is 2.44. The van der Waals surface area contributed by atoms with Crippen molar-refractivity contribution in [3.8, 4) is 0 Å². The van der Waals surface area contributed by atoms with E-state index in [1.165, 1.54) is 17.3 Å². The van der Waals surface area contributed by atoms with Crippen molar-refractivity contribution >= 4 is 23.4 Å². The summed E-state index contributed by atoms with van der Waals surface area (Å²) in [4.78, 5) is 20.7. The minimum absolute atomic E-state index is 0.0296. The molecule has 0 atom stereocenters. The first-order chi connectivity index (χ1) is 12.0. The minimum atomic E-state index is 0.0296. The molecule has 0 aliphatic carbocycles. The molecule has 130 valence electrons. The number of thioether (sulfide) groups is 1. The largest absolute Gasteiger partial charge is 0.352 e. The van der Waals surface area contributed by atoms with E-state index in [-0.39, 0.29) is 5.91 Å². The maximum atomic E-state index is 12.0. The standard InChI is InChI=1S/C18H21N5OS/c1-12-4-6-15(7-5-12)11-19-16(24)8-9-25-18-21-17-20-13(2)10-14(3)23(17)22-18/h4-7,10H,8-9,11H2,1-3H3,(H,19,24). The predicted octanol–water partition coefficient (Wildman–Crippen LogP) is 2.85. The summed E-state index contributed by atoms with van der Waals surface area (Å²) in [5, 5.41) is 8.01. The third-order valence-corrected chi connectivity index (χ3v) is 4.61. The van der Waals surface area contributed by atoms with Gasteiger partial charge in [0.1, 0.15) is 0 Å². The zero-order chi connectivity index (χ0) is 17.8. The van der Waals surface area contributed by atoms with Crippen molar-refractivity contribution in [3.63, 3.8) is 0 Å². The molecule has 0 saturated carbocycles. The summed E-state index contributed by atoms with van der Waals surface area (Å²) in [7, 11) is 0. The van der Waals surface area contributed by atoms with Gasteiger partial charge in [-0.15, -0.1) is 5.10 Å². The number of hydrogen-bond donors (Lipinski definition) is 1. The van der Waals surface area contributed by atoms with E-state index < -0.39 is 0 Å². The lowest BCUT2D eigenvalue weighted by atomic mass is 10.1. The van der Waals surface area contributed by atoms with Gasteiger partial charge in [-0.2, -0.15) is 4.98 Å². The molecule has 2 aromatic heterocycles. The smallest absolute Gasteiger partial charge is 0.253 e. The molecule has 0 aliphatic heterocycles. The first kappa shape index (κ1) is 17.4. The summed E-state index contributed by atoms with van der Waals surface area (Å²) in [5.41, 5.74) is 4.24. The zero-order valence-electron chi connectivity index (χ0n) is 14.6. The Morgan fingerprint density at radius 1 is 1.16 bits per heavy atom. The van der Waals surface area contributed by atoms with Crippen LogP contribution >= 0.6 is 11.8 Å². The maximum Gasteiger partial charge on any atom is 0.253 e. The Hall–Kier alpha value is -2.41. The molecule has 3 aromatic rings. The van der Waals surface area contributed by atoms with E-state index in [4.69, 9.17) is 0 Å². The highest BCUT2D eigenvalue weighted by atomic mass is 32.2. The van der Waals surface area contributed by atoms with Crippen LogP contribution in [0.25, 0.3) is 5.78 Å². The van der Waals surface area contributed by atoms with Crippen LogP contribution in [0.3, 0.4) is 0 Å². The van der Waals surface area contributed by atoms with Gasteiger partial charge in [0.25, 0.3) is 5.78 Å². The highest BCUT2D eigenvalue weighted by Gasteiger charge is 2.09. The Morgan fingerprint density at radius 2 is 1.92 bits per heavy atom. The molecule has 0 unspecified atom stereocenters. The molecule has 2 heterocycles. The number of carbonyl (C=O) groups is 1. The highest BCUT2D eigenvalue weighted by molar-refractivity contribution is 7.99. The molecule has 0 bridgehead atoms. The molecule has 0 spiro atoms. The first-order valence-corrected chi connectivity index (χ1v) is 9.16. The molecule has 25 heavy (non-hydrogen) atoms. The second-order valence-corrected chi connectivity index (χ2v) is 7.07. The van der Waals surface area contributed by atoms with Gasteiger partial charge in [-0.3, -0.25) is 4.79 Å². The number of hydrogen-bond acceptors (Lipinski definition) is 5. The molecule has 0 saturated heterocycles. The number of aryl methyl sites for hydroxylation is 3. The van der Waals surface area contributed by atoms with Crippen LogP contribution in [0.2, 0.25) is 0 Å². The minimum Gasteiger partial charge on any atom is -0.352 e. The lowest BCUT2D eigenvalue weighted by Crippen LogP contribution is -2.22. The van der Waals surface area contributed by atoms with Gasteiger partial charge in [0.05, 0.1) is 0 Å². The van der Waals surface area contributed by atoms with Crippen molar-refractivity contribution in [2.45, 2.75) is 38.9 Å². The fourth-order valence-corrected chi connectivity index (χ4v) is 3.19. The van der Waals surface area contributed by atoms with E-state index in [9.17, 15) is 4.79 Å². The summed E-state index contributed by atoms with van der Waals surface area (Å²) in [6, 6.07) is 10.1. The van der Waals surface area contributed by atoms with Crippen molar-refractivity contribution in [2.24, 2.45) is 0 Å². The number of nitrogens with one attached hydrogen (secondary N) is 1. The second kappa shape index (κ2) is 7.65. The second-order valence-electron chi connectivity index (χ2n) is 6.01. The number of amides is 1. The van der Waals surface area contributed by atoms with Crippen molar-refractivity contribution in [1.29, 1.82) is 0 Å². The fraction of sp³-hybridized carbons (Fsp3) is 0.333. The monoisotopic (exact) mass is 355 g/mol. The molecule has 0 radical (unpaired) electrons. The van der Waals surface area contributed by atoms with E-state index in [2.05, 4.69) is 20.4 Å². The molecule has 1 aromatic carbocycles. The molecule has 6 nitrogen and oxygen atoms in total. The summed E-state index contributed by atoms with van der Waals surface area (Å²) in [6.45, 7) is 6.51. The molecule has 3 rings (SSSR count). The SMILES string of the molecule is Cc1ccc(CNC(=O)CCSc2nc3nc(C)cc(C)n3n2)cc1. The van der Waals surface area contributed by atoms with Crippen LogP contribution in [0.1, 0.15) is 28.9 Å². The average Bonchev–Trinajstić information content (AvgIpc) is 2.97. The van der Waals surface area contributed by atoms with Gasteiger partial charge < -0.3 is 5.32 Å². The molecular formula is C18H21N5OS. The molecule has 7 heteroatoms. The normalized spacial score (nSPS) is 11.0. The van der Waals surface area contributed by atoms with Crippen molar-refractivity contribution < 1.29 is 4.79 Å².